The molecule has 5 nitrogen and oxygen atoms in total. The van der Waals surface area contributed by atoms with Crippen molar-refractivity contribution < 1.29 is 14.7 Å². The third-order valence-corrected chi connectivity index (χ3v) is 3.67. The van der Waals surface area contributed by atoms with Gasteiger partial charge in [0.25, 0.3) is 0 Å². The van der Waals surface area contributed by atoms with Gasteiger partial charge in [0.05, 0.1) is 12.3 Å². The van der Waals surface area contributed by atoms with Crippen molar-refractivity contribution in [1.82, 2.24) is 9.88 Å². The van der Waals surface area contributed by atoms with E-state index in [1.54, 1.807) is 11.8 Å². The molecule has 0 fully saturated rings. The molecule has 5 heteroatoms. The van der Waals surface area contributed by atoms with Crippen LogP contribution in [0.25, 0.3) is 10.9 Å². The van der Waals surface area contributed by atoms with Crippen molar-refractivity contribution >= 4 is 22.8 Å². The number of aromatic nitrogens is 1. The van der Waals surface area contributed by atoms with Crippen LogP contribution in [0, 0.1) is 5.92 Å². The van der Waals surface area contributed by atoms with Crippen LogP contribution in [0.1, 0.15) is 19.4 Å². The SMILES string of the molecule is CCN(CC(C)C(=O)O)C(=O)Cc1c[nH]c2ccccc12. The second-order valence-electron chi connectivity index (χ2n) is 5.21. The highest BCUT2D eigenvalue weighted by atomic mass is 16.4. The summed E-state index contributed by atoms with van der Waals surface area (Å²) in [5.41, 5.74) is 1.94. The number of carboxylic acids is 1. The van der Waals surface area contributed by atoms with E-state index in [1.807, 2.05) is 37.4 Å². The lowest BCUT2D eigenvalue weighted by molar-refractivity contribution is -0.142. The van der Waals surface area contributed by atoms with Crippen molar-refractivity contribution in [3.05, 3.63) is 36.0 Å². The van der Waals surface area contributed by atoms with Gasteiger partial charge in [0.1, 0.15) is 0 Å². The zero-order chi connectivity index (χ0) is 15.4. The Balaban J connectivity index is 2.10. The van der Waals surface area contributed by atoms with Gasteiger partial charge in [-0.3, -0.25) is 9.59 Å². The van der Waals surface area contributed by atoms with Gasteiger partial charge in [0, 0.05) is 30.2 Å². The van der Waals surface area contributed by atoms with Crippen LogP contribution in [0.2, 0.25) is 0 Å². The van der Waals surface area contributed by atoms with E-state index in [0.29, 0.717) is 6.54 Å². The molecule has 0 radical (unpaired) electrons. The van der Waals surface area contributed by atoms with Crippen LogP contribution in [0.4, 0.5) is 0 Å². The van der Waals surface area contributed by atoms with Gasteiger partial charge < -0.3 is 15.0 Å². The number of carbonyl (C=O) groups excluding carboxylic acids is 1. The minimum absolute atomic E-state index is 0.0460. The molecule has 0 saturated heterocycles. The van der Waals surface area contributed by atoms with Crippen LogP contribution in [0.15, 0.2) is 30.5 Å². The number of para-hydroxylation sites is 1. The number of carbonyl (C=O) groups is 2. The Kier molecular flexibility index (Phi) is 4.62. The van der Waals surface area contributed by atoms with E-state index in [4.69, 9.17) is 5.11 Å². The van der Waals surface area contributed by atoms with Crippen LogP contribution in [-0.4, -0.2) is 40.0 Å². The molecule has 0 bridgehead atoms. The molecule has 2 aromatic rings. The highest BCUT2D eigenvalue weighted by Gasteiger charge is 2.20. The Morgan fingerprint density at radius 1 is 1.33 bits per heavy atom. The predicted octanol–water partition coefficient (Wildman–Crippen LogP) is 2.28. The maximum absolute atomic E-state index is 12.4. The lowest BCUT2D eigenvalue weighted by Crippen LogP contribution is -2.37. The molecule has 112 valence electrons. The molecule has 2 rings (SSSR count). The van der Waals surface area contributed by atoms with Crippen molar-refractivity contribution in [2.75, 3.05) is 13.1 Å². The van der Waals surface area contributed by atoms with E-state index < -0.39 is 11.9 Å². The fraction of sp³-hybridized carbons (Fsp3) is 0.375. The zero-order valence-electron chi connectivity index (χ0n) is 12.3. The maximum atomic E-state index is 12.4. The standard InChI is InChI=1S/C16H20N2O3/c1-3-18(10-11(2)16(20)21)15(19)8-12-9-17-14-7-5-4-6-13(12)14/h4-7,9,11,17H,3,8,10H2,1-2H3,(H,20,21). The minimum atomic E-state index is -0.881. The van der Waals surface area contributed by atoms with Crippen LogP contribution in [0.5, 0.6) is 0 Å². The number of fused-ring (bicyclic) bond motifs is 1. The van der Waals surface area contributed by atoms with Gasteiger partial charge >= 0.3 is 5.97 Å². The summed E-state index contributed by atoms with van der Waals surface area (Å²) in [6.45, 7) is 4.23. The molecule has 1 heterocycles. The Hall–Kier alpha value is -2.30. The van der Waals surface area contributed by atoms with E-state index >= 15 is 0 Å². The number of hydrogen-bond donors (Lipinski definition) is 2. The summed E-state index contributed by atoms with van der Waals surface area (Å²) in [5, 5.41) is 10.00. The third kappa shape index (κ3) is 3.42. The van der Waals surface area contributed by atoms with Crippen LogP contribution < -0.4 is 0 Å². The van der Waals surface area contributed by atoms with Crippen molar-refractivity contribution in [1.29, 1.82) is 0 Å². The Morgan fingerprint density at radius 2 is 2.05 bits per heavy atom. The van der Waals surface area contributed by atoms with E-state index in [2.05, 4.69) is 4.98 Å². The van der Waals surface area contributed by atoms with E-state index in [9.17, 15) is 9.59 Å². The molecular weight excluding hydrogens is 268 g/mol. The number of benzene rings is 1. The number of rotatable bonds is 6. The summed E-state index contributed by atoms with van der Waals surface area (Å²) in [6.07, 6.45) is 2.13. The fourth-order valence-corrected chi connectivity index (χ4v) is 2.37. The number of nitrogens with one attached hydrogen (secondary N) is 1. The third-order valence-electron chi connectivity index (χ3n) is 3.67. The number of H-pyrrole nitrogens is 1. The van der Waals surface area contributed by atoms with Crippen molar-refractivity contribution in [2.45, 2.75) is 20.3 Å². The molecule has 0 spiro atoms. The lowest BCUT2D eigenvalue weighted by atomic mass is 10.1. The maximum Gasteiger partial charge on any atom is 0.308 e. The second-order valence-corrected chi connectivity index (χ2v) is 5.21. The number of aromatic amines is 1. The average Bonchev–Trinajstić information content (AvgIpc) is 2.87. The first kappa shape index (κ1) is 15.1. The number of carboxylic acid groups (broad SMARTS) is 1. The predicted molar refractivity (Wildman–Crippen MR) is 81.1 cm³/mol. The molecule has 1 aromatic carbocycles. The first-order valence-electron chi connectivity index (χ1n) is 7.08. The van der Waals surface area contributed by atoms with Gasteiger partial charge in [-0.05, 0) is 18.6 Å². The summed E-state index contributed by atoms with van der Waals surface area (Å²) in [6, 6.07) is 7.82. The topological polar surface area (TPSA) is 73.4 Å². The number of amides is 1. The minimum Gasteiger partial charge on any atom is -0.481 e. The van der Waals surface area contributed by atoms with Crippen LogP contribution in [0.3, 0.4) is 0 Å². The van der Waals surface area contributed by atoms with Crippen molar-refractivity contribution in [2.24, 2.45) is 5.92 Å². The molecule has 2 N–H and O–H groups in total. The summed E-state index contributed by atoms with van der Waals surface area (Å²) in [4.78, 5) is 28.0. The molecule has 1 unspecified atom stereocenters. The van der Waals surface area contributed by atoms with E-state index in [1.165, 1.54) is 0 Å². The number of nitrogens with zero attached hydrogens (tertiary/aromatic N) is 1. The molecule has 21 heavy (non-hydrogen) atoms. The summed E-state index contributed by atoms with van der Waals surface area (Å²) >= 11 is 0. The average molecular weight is 288 g/mol. The summed E-state index contributed by atoms with van der Waals surface area (Å²) in [5.74, 6) is -1.49. The number of aliphatic carboxylic acids is 1. The summed E-state index contributed by atoms with van der Waals surface area (Å²) < 4.78 is 0. The normalized spacial score (nSPS) is 12.3. The first-order valence-corrected chi connectivity index (χ1v) is 7.08. The fourth-order valence-electron chi connectivity index (χ4n) is 2.37. The van der Waals surface area contributed by atoms with Crippen molar-refractivity contribution in [3.8, 4) is 0 Å². The molecule has 1 aromatic heterocycles. The molecule has 1 amide bonds. The van der Waals surface area contributed by atoms with Gasteiger partial charge in [0.2, 0.25) is 5.91 Å². The molecule has 0 aliphatic heterocycles. The van der Waals surface area contributed by atoms with Gasteiger partial charge in [-0.25, -0.2) is 0 Å². The molecule has 1 atom stereocenters. The summed E-state index contributed by atoms with van der Waals surface area (Å²) in [7, 11) is 0. The highest BCUT2D eigenvalue weighted by molar-refractivity contribution is 5.89. The second kappa shape index (κ2) is 6.43. The molecule has 0 aliphatic carbocycles. The Morgan fingerprint density at radius 3 is 2.71 bits per heavy atom. The zero-order valence-corrected chi connectivity index (χ0v) is 12.3. The quantitative estimate of drug-likeness (QED) is 0.856. The van der Waals surface area contributed by atoms with Gasteiger partial charge in [-0.2, -0.15) is 0 Å². The van der Waals surface area contributed by atoms with E-state index in [-0.39, 0.29) is 18.9 Å². The Labute approximate surface area is 123 Å². The number of hydrogen-bond acceptors (Lipinski definition) is 2. The van der Waals surface area contributed by atoms with Gasteiger partial charge in [0.15, 0.2) is 0 Å². The van der Waals surface area contributed by atoms with Crippen LogP contribution in [-0.2, 0) is 16.0 Å². The molecule has 0 aliphatic rings. The molecule has 0 saturated carbocycles. The highest BCUT2D eigenvalue weighted by Crippen LogP contribution is 2.19. The molecular formula is C16H20N2O3. The van der Waals surface area contributed by atoms with E-state index in [0.717, 1.165) is 16.5 Å². The first-order chi connectivity index (χ1) is 10.0. The monoisotopic (exact) mass is 288 g/mol. The van der Waals surface area contributed by atoms with Crippen LogP contribution >= 0.6 is 0 Å². The number of likely N-dealkylation sites (N-methyl/N-ethyl adjacent to an activating group) is 1. The van der Waals surface area contributed by atoms with Gasteiger partial charge in [-0.1, -0.05) is 25.1 Å². The smallest absolute Gasteiger partial charge is 0.308 e. The van der Waals surface area contributed by atoms with Gasteiger partial charge in [-0.15, -0.1) is 0 Å². The Bertz CT molecular complexity index is 648. The largest absolute Gasteiger partial charge is 0.481 e. The van der Waals surface area contributed by atoms with Crippen molar-refractivity contribution in [3.63, 3.8) is 0 Å². The lowest BCUT2D eigenvalue weighted by Gasteiger charge is -2.22.